The second kappa shape index (κ2) is 4.99. The van der Waals surface area contributed by atoms with E-state index in [9.17, 15) is 4.39 Å². The van der Waals surface area contributed by atoms with Crippen LogP contribution < -0.4 is 5.32 Å². The highest BCUT2D eigenvalue weighted by Gasteiger charge is 2.10. The molecular weight excluding hydrogens is 305 g/mol. The third-order valence-corrected chi connectivity index (χ3v) is 3.67. The standard InChI is InChI=1S/C15H11ClFN5/c16-10-5-6-13-12(7-10)19-15-20-14(21-22(13)15)18-8-9-3-1-2-4-11(9)17/h1-7H,8H2,(H2,18,19,20,21). The Hall–Kier alpha value is -2.60. The fourth-order valence-electron chi connectivity index (χ4n) is 2.36. The predicted molar refractivity (Wildman–Crippen MR) is 83.6 cm³/mol. The maximum absolute atomic E-state index is 13.6. The summed E-state index contributed by atoms with van der Waals surface area (Å²) < 4.78 is 15.3. The Kier molecular flexibility index (Phi) is 2.97. The summed E-state index contributed by atoms with van der Waals surface area (Å²) in [7, 11) is 0. The second-order valence-electron chi connectivity index (χ2n) is 4.90. The maximum Gasteiger partial charge on any atom is 0.253 e. The number of halogens is 2. The molecular formula is C15H11ClFN5. The predicted octanol–water partition coefficient (Wildman–Crippen LogP) is 3.62. The topological polar surface area (TPSA) is 58.0 Å². The number of hydrogen-bond donors (Lipinski definition) is 2. The molecule has 7 heteroatoms. The van der Waals surface area contributed by atoms with Crippen molar-refractivity contribution < 1.29 is 4.39 Å². The highest BCUT2D eigenvalue weighted by atomic mass is 35.5. The fourth-order valence-corrected chi connectivity index (χ4v) is 2.52. The van der Waals surface area contributed by atoms with Gasteiger partial charge >= 0.3 is 0 Å². The van der Waals surface area contributed by atoms with Crippen LogP contribution in [-0.2, 0) is 6.54 Å². The Morgan fingerprint density at radius 1 is 1.18 bits per heavy atom. The van der Waals surface area contributed by atoms with Crippen molar-refractivity contribution in [3.63, 3.8) is 0 Å². The Bertz CT molecular complexity index is 975. The van der Waals surface area contributed by atoms with E-state index < -0.39 is 0 Å². The normalized spacial score (nSPS) is 11.4. The zero-order valence-electron chi connectivity index (χ0n) is 11.3. The van der Waals surface area contributed by atoms with E-state index >= 15 is 0 Å². The molecule has 0 atom stereocenters. The molecule has 0 bridgehead atoms. The lowest BCUT2D eigenvalue weighted by Gasteiger charge is -2.03. The highest BCUT2D eigenvalue weighted by molar-refractivity contribution is 6.31. The van der Waals surface area contributed by atoms with Gasteiger partial charge in [-0.25, -0.2) is 13.9 Å². The van der Waals surface area contributed by atoms with E-state index in [1.807, 2.05) is 6.07 Å². The van der Waals surface area contributed by atoms with Gasteiger partial charge < -0.3 is 5.32 Å². The van der Waals surface area contributed by atoms with Crippen LogP contribution in [0.15, 0.2) is 42.5 Å². The molecule has 5 nitrogen and oxygen atoms in total. The van der Waals surface area contributed by atoms with Gasteiger partial charge in [0.2, 0.25) is 5.95 Å². The van der Waals surface area contributed by atoms with Gasteiger partial charge in [-0.3, -0.25) is 5.10 Å². The molecule has 0 radical (unpaired) electrons. The van der Waals surface area contributed by atoms with Crippen molar-refractivity contribution in [3.8, 4) is 0 Å². The molecule has 2 N–H and O–H groups in total. The van der Waals surface area contributed by atoms with Gasteiger partial charge in [-0.15, -0.1) is 0 Å². The number of rotatable bonds is 3. The van der Waals surface area contributed by atoms with E-state index in [1.165, 1.54) is 6.07 Å². The third kappa shape index (κ3) is 2.17. The molecule has 0 aliphatic carbocycles. The summed E-state index contributed by atoms with van der Waals surface area (Å²) in [6.45, 7) is 0.340. The van der Waals surface area contributed by atoms with Gasteiger partial charge in [-0.05, 0) is 24.3 Å². The van der Waals surface area contributed by atoms with E-state index in [0.717, 1.165) is 11.0 Å². The molecule has 110 valence electrons. The first kappa shape index (κ1) is 13.1. The Labute approximate surface area is 129 Å². The number of nitrogens with one attached hydrogen (secondary N) is 2. The van der Waals surface area contributed by atoms with Gasteiger partial charge in [-0.2, -0.15) is 4.98 Å². The lowest BCUT2D eigenvalue weighted by Crippen LogP contribution is -2.03. The van der Waals surface area contributed by atoms with Crippen LogP contribution in [0.2, 0.25) is 5.02 Å². The van der Waals surface area contributed by atoms with Crippen molar-refractivity contribution in [2.75, 3.05) is 5.32 Å². The summed E-state index contributed by atoms with van der Waals surface area (Å²) in [5.74, 6) is 0.822. The lowest BCUT2D eigenvalue weighted by molar-refractivity contribution is 0.612. The first-order valence-electron chi connectivity index (χ1n) is 6.72. The van der Waals surface area contributed by atoms with Crippen molar-refractivity contribution in [1.82, 2.24) is 19.6 Å². The number of anilines is 1. The van der Waals surface area contributed by atoms with Crippen LogP contribution in [0, 0.1) is 5.82 Å². The van der Waals surface area contributed by atoms with Crippen LogP contribution in [-0.4, -0.2) is 19.6 Å². The minimum absolute atomic E-state index is 0.244. The minimum Gasteiger partial charge on any atom is -0.350 e. The summed E-state index contributed by atoms with van der Waals surface area (Å²) in [5.41, 5.74) is 2.23. The average Bonchev–Trinajstić information content (AvgIpc) is 3.03. The van der Waals surface area contributed by atoms with Crippen LogP contribution in [0.4, 0.5) is 10.3 Å². The molecule has 0 unspecified atom stereocenters. The zero-order chi connectivity index (χ0) is 15.1. The fraction of sp³-hybridized carbons (Fsp3) is 0.0667. The van der Waals surface area contributed by atoms with E-state index in [1.54, 1.807) is 34.8 Å². The molecule has 0 aliphatic heterocycles. The van der Waals surface area contributed by atoms with Crippen LogP contribution >= 0.6 is 11.6 Å². The number of hydrogen-bond acceptors (Lipinski definition) is 3. The lowest BCUT2D eigenvalue weighted by atomic mass is 10.2. The molecule has 2 heterocycles. The second-order valence-corrected chi connectivity index (χ2v) is 5.33. The van der Waals surface area contributed by atoms with Crippen LogP contribution in [0.3, 0.4) is 0 Å². The highest BCUT2D eigenvalue weighted by Crippen LogP contribution is 2.20. The Morgan fingerprint density at radius 2 is 2.05 bits per heavy atom. The molecule has 0 saturated carbocycles. The first-order chi connectivity index (χ1) is 10.7. The van der Waals surface area contributed by atoms with Crippen molar-refractivity contribution in [3.05, 3.63) is 58.9 Å². The Morgan fingerprint density at radius 3 is 2.91 bits per heavy atom. The molecule has 0 spiro atoms. The van der Waals surface area contributed by atoms with Crippen LogP contribution in [0.5, 0.6) is 0 Å². The molecule has 4 aromatic rings. The maximum atomic E-state index is 13.6. The van der Waals surface area contributed by atoms with Gasteiger partial charge in [0.1, 0.15) is 5.82 Å². The van der Waals surface area contributed by atoms with Gasteiger partial charge in [0, 0.05) is 17.1 Å². The van der Waals surface area contributed by atoms with Gasteiger partial charge in [0.15, 0.2) is 0 Å². The summed E-state index contributed by atoms with van der Waals surface area (Å²) in [6, 6.07) is 12.1. The number of H-pyrrole nitrogens is 1. The third-order valence-electron chi connectivity index (χ3n) is 3.43. The van der Waals surface area contributed by atoms with Crippen molar-refractivity contribution in [2.45, 2.75) is 6.54 Å². The van der Waals surface area contributed by atoms with Gasteiger partial charge in [0.05, 0.1) is 11.0 Å². The van der Waals surface area contributed by atoms with E-state index in [2.05, 4.69) is 20.4 Å². The molecule has 4 rings (SSSR count). The molecule has 0 fully saturated rings. The first-order valence-corrected chi connectivity index (χ1v) is 7.09. The molecule has 2 aromatic carbocycles. The van der Waals surface area contributed by atoms with E-state index in [-0.39, 0.29) is 5.82 Å². The SMILES string of the molecule is Fc1ccccc1CNc1nc2nc3cc(Cl)ccc3n2[nH]1. The number of nitrogens with zero attached hydrogens (tertiary/aromatic N) is 3. The number of imidazole rings is 1. The van der Waals surface area contributed by atoms with Crippen LogP contribution in [0.25, 0.3) is 16.8 Å². The smallest absolute Gasteiger partial charge is 0.253 e. The number of benzene rings is 2. The number of aromatic amines is 1. The van der Waals surface area contributed by atoms with Crippen LogP contribution in [0.1, 0.15) is 5.56 Å². The van der Waals surface area contributed by atoms with E-state index in [0.29, 0.717) is 28.9 Å². The summed E-state index contributed by atoms with van der Waals surface area (Å²) >= 11 is 5.95. The summed E-state index contributed by atoms with van der Waals surface area (Å²) in [5, 5.41) is 6.78. The molecule has 2 aromatic heterocycles. The minimum atomic E-state index is -0.244. The monoisotopic (exact) mass is 315 g/mol. The van der Waals surface area contributed by atoms with E-state index in [4.69, 9.17) is 11.6 Å². The molecule has 0 aliphatic rings. The zero-order valence-corrected chi connectivity index (χ0v) is 12.1. The average molecular weight is 316 g/mol. The van der Waals surface area contributed by atoms with Gasteiger partial charge in [-0.1, -0.05) is 29.8 Å². The Balaban J connectivity index is 1.64. The van der Waals surface area contributed by atoms with Crippen molar-refractivity contribution in [2.24, 2.45) is 0 Å². The number of aromatic nitrogens is 4. The summed E-state index contributed by atoms with van der Waals surface area (Å²) in [6.07, 6.45) is 0. The molecule has 22 heavy (non-hydrogen) atoms. The quantitative estimate of drug-likeness (QED) is 0.607. The van der Waals surface area contributed by atoms with Crippen molar-refractivity contribution in [1.29, 1.82) is 0 Å². The largest absolute Gasteiger partial charge is 0.350 e. The van der Waals surface area contributed by atoms with Gasteiger partial charge in [0.25, 0.3) is 5.78 Å². The number of fused-ring (bicyclic) bond motifs is 3. The van der Waals surface area contributed by atoms with Crippen molar-refractivity contribution >= 4 is 34.4 Å². The molecule has 0 amide bonds. The molecule has 0 saturated heterocycles. The summed E-state index contributed by atoms with van der Waals surface area (Å²) in [4.78, 5) is 8.74.